The number of aliphatic imine (C=N–C) groups is 1. The van der Waals surface area contributed by atoms with Crippen LogP contribution in [-0.2, 0) is 4.79 Å². The monoisotopic (exact) mass is 329 g/mol. The van der Waals surface area contributed by atoms with Crippen LogP contribution in [0.3, 0.4) is 0 Å². The number of nitro benzene ring substituents is 2. The molecule has 0 saturated heterocycles. The second kappa shape index (κ2) is 6.32. The summed E-state index contributed by atoms with van der Waals surface area (Å²) in [7, 11) is 0. The first-order valence-corrected chi connectivity index (χ1v) is 6.68. The molecule has 2 rings (SSSR count). The Hall–Kier alpha value is -3.49. The van der Waals surface area contributed by atoms with E-state index >= 15 is 0 Å². The lowest BCUT2D eigenvalue weighted by atomic mass is 9.98. The van der Waals surface area contributed by atoms with E-state index in [4.69, 9.17) is 0 Å². The molecule has 1 aliphatic rings. The second-order valence-electron chi connectivity index (χ2n) is 5.04. The number of allylic oxidation sites excluding steroid dienone is 4. The highest BCUT2D eigenvalue weighted by molar-refractivity contribution is 6.24. The third kappa shape index (κ3) is 3.29. The van der Waals surface area contributed by atoms with Gasteiger partial charge in [0.25, 0.3) is 17.3 Å². The number of hydrogen-bond acceptors (Lipinski definition) is 6. The number of carbonyl (C=O) groups is 2. The quantitative estimate of drug-likeness (QED) is 0.475. The highest BCUT2D eigenvalue weighted by Gasteiger charge is 2.24. The number of ketones is 1. The van der Waals surface area contributed by atoms with Crippen molar-refractivity contribution < 1.29 is 19.4 Å². The lowest BCUT2D eigenvalue weighted by Gasteiger charge is -2.08. The average Bonchev–Trinajstić information content (AvgIpc) is 2.51. The Kier molecular flexibility index (Phi) is 4.45. The van der Waals surface area contributed by atoms with Crippen molar-refractivity contribution in [3.63, 3.8) is 0 Å². The number of nitrogens with zero attached hydrogens (tertiary/aromatic N) is 3. The van der Waals surface area contributed by atoms with E-state index in [1.165, 1.54) is 12.2 Å². The molecule has 1 aromatic carbocycles. The predicted octanol–water partition coefficient (Wildman–Crippen LogP) is 2.56. The van der Waals surface area contributed by atoms with Gasteiger partial charge >= 0.3 is 0 Å². The number of hydrogen-bond donors (Lipinski definition) is 0. The molecule has 0 unspecified atom stereocenters. The summed E-state index contributed by atoms with van der Waals surface area (Å²) >= 11 is 0. The van der Waals surface area contributed by atoms with Crippen LogP contribution in [0.15, 0.2) is 46.5 Å². The summed E-state index contributed by atoms with van der Waals surface area (Å²) in [6.07, 6.45) is 2.79. The van der Waals surface area contributed by atoms with Gasteiger partial charge < -0.3 is 0 Å². The summed E-state index contributed by atoms with van der Waals surface area (Å²) in [6, 6.07) is 2.69. The molecule has 0 aliphatic heterocycles. The summed E-state index contributed by atoms with van der Waals surface area (Å²) < 4.78 is 0. The number of amides is 1. The van der Waals surface area contributed by atoms with Crippen molar-refractivity contribution in [2.45, 2.75) is 13.8 Å². The summed E-state index contributed by atoms with van der Waals surface area (Å²) in [4.78, 5) is 47.7. The summed E-state index contributed by atoms with van der Waals surface area (Å²) in [6.45, 7) is 3.13. The molecule has 24 heavy (non-hydrogen) atoms. The summed E-state index contributed by atoms with van der Waals surface area (Å²) in [5, 5.41) is 21.8. The number of benzene rings is 1. The Balaban J connectivity index is 2.47. The predicted molar refractivity (Wildman–Crippen MR) is 84.0 cm³/mol. The van der Waals surface area contributed by atoms with Crippen LogP contribution < -0.4 is 0 Å². The molecule has 1 amide bonds. The zero-order valence-corrected chi connectivity index (χ0v) is 12.7. The van der Waals surface area contributed by atoms with Crippen LogP contribution >= 0.6 is 0 Å². The van der Waals surface area contributed by atoms with Gasteiger partial charge in [-0.3, -0.25) is 29.8 Å². The first-order valence-electron chi connectivity index (χ1n) is 6.68. The van der Waals surface area contributed by atoms with Crippen LogP contribution in [0.5, 0.6) is 0 Å². The van der Waals surface area contributed by atoms with Crippen molar-refractivity contribution in [3.8, 4) is 0 Å². The maximum absolute atomic E-state index is 12.2. The topological polar surface area (TPSA) is 133 Å². The van der Waals surface area contributed by atoms with Gasteiger partial charge in [-0.1, -0.05) is 0 Å². The Morgan fingerprint density at radius 2 is 1.62 bits per heavy atom. The molecule has 1 aliphatic carbocycles. The second-order valence-corrected chi connectivity index (χ2v) is 5.04. The molecule has 1 aromatic rings. The fourth-order valence-corrected chi connectivity index (χ4v) is 2.13. The molecule has 0 fully saturated rings. The minimum absolute atomic E-state index is 0.178. The van der Waals surface area contributed by atoms with E-state index in [-0.39, 0.29) is 17.1 Å². The smallest absolute Gasteiger partial charge is 0.289 e. The SMILES string of the molecule is CC1=CC(=NC(=O)c2ccc([N+](=O)[O-])cc2[N+](=O)[O-])C=C(C)C1=O. The molecule has 0 saturated carbocycles. The maximum atomic E-state index is 12.2. The van der Waals surface area contributed by atoms with Gasteiger partial charge in [0.1, 0.15) is 5.56 Å². The number of nitro groups is 2. The van der Waals surface area contributed by atoms with Gasteiger partial charge in [0.2, 0.25) is 0 Å². The largest absolute Gasteiger partial charge is 0.289 e. The van der Waals surface area contributed by atoms with E-state index in [2.05, 4.69) is 4.99 Å². The molecule has 9 nitrogen and oxygen atoms in total. The van der Waals surface area contributed by atoms with E-state index in [1.807, 2.05) is 0 Å². The third-order valence-corrected chi connectivity index (χ3v) is 3.29. The number of Topliss-reactive ketones (excluding diaryl/α,β-unsaturated/α-hetero) is 1. The Labute approximate surface area is 135 Å². The fraction of sp³-hybridized carbons (Fsp3) is 0.133. The highest BCUT2D eigenvalue weighted by Crippen LogP contribution is 2.25. The van der Waals surface area contributed by atoms with Gasteiger partial charge in [-0.05, 0) is 43.2 Å². The molecule has 0 aromatic heterocycles. The van der Waals surface area contributed by atoms with E-state index in [9.17, 15) is 29.8 Å². The van der Waals surface area contributed by atoms with Gasteiger partial charge in [-0.25, -0.2) is 4.99 Å². The minimum Gasteiger partial charge on any atom is -0.289 e. The molecule has 0 N–H and O–H groups in total. The van der Waals surface area contributed by atoms with E-state index in [0.29, 0.717) is 17.2 Å². The fourth-order valence-electron chi connectivity index (χ4n) is 2.13. The van der Waals surface area contributed by atoms with Crippen LogP contribution in [0.2, 0.25) is 0 Å². The van der Waals surface area contributed by atoms with Gasteiger partial charge in [-0.15, -0.1) is 0 Å². The van der Waals surface area contributed by atoms with Crippen molar-refractivity contribution in [1.29, 1.82) is 0 Å². The van der Waals surface area contributed by atoms with Crippen LogP contribution in [0, 0.1) is 20.2 Å². The molecule has 0 heterocycles. The number of carbonyl (C=O) groups excluding carboxylic acids is 2. The van der Waals surface area contributed by atoms with E-state index in [1.54, 1.807) is 13.8 Å². The zero-order valence-electron chi connectivity index (χ0n) is 12.7. The van der Waals surface area contributed by atoms with Crippen LogP contribution in [0.1, 0.15) is 24.2 Å². The van der Waals surface area contributed by atoms with Crippen LogP contribution in [-0.4, -0.2) is 27.2 Å². The highest BCUT2D eigenvalue weighted by atomic mass is 16.6. The van der Waals surface area contributed by atoms with Crippen molar-refractivity contribution in [2.24, 2.45) is 4.99 Å². The van der Waals surface area contributed by atoms with Gasteiger partial charge in [0, 0.05) is 6.07 Å². The van der Waals surface area contributed by atoms with Crippen molar-refractivity contribution in [1.82, 2.24) is 0 Å². The molecule has 0 atom stereocenters. The lowest BCUT2D eigenvalue weighted by Crippen LogP contribution is -2.12. The first-order chi connectivity index (χ1) is 11.2. The maximum Gasteiger partial charge on any atom is 0.289 e. The van der Waals surface area contributed by atoms with Gasteiger partial charge in [-0.2, -0.15) is 0 Å². The Morgan fingerprint density at radius 1 is 1.04 bits per heavy atom. The summed E-state index contributed by atoms with van der Waals surface area (Å²) in [5.74, 6) is -1.10. The lowest BCUT2D eigenvalue weighted by molar-refractivity contribution is -0.394. The molecule has 0 radical (unpaired) electrons. The van der Waals surface area contributed by atoms with Gasteiger partial charge in [0.15, 0.2) is 5.78 Å². The zero-order chi connectivity index (χ0) is 18.0. The molecule has 0 bridgehead atoms. The standard InChI is InChI=1S/C15H11N3O6/c1-8-5-10(6-9(2)14(8)19)16-15(20)12-4-3-11(17(21)22)7-13(12)18(23)24/h3-7H,1-2H3. The Morgan fingerprint density at radius 3 is 2.12 bits per heavy atom. The van der Waals surface area contributed by atoms with Crippen LogP contribution in [0.4, 0.5) is 11.4 Å². The molecular formula is C15H11N3O6. The van der Waals surface area contributed by atoms with E-state index in [0.717, 1.165) is 12.1 Å². The molecule has 122 valence electrons. The molecular weight excluding hydrogens is 318 g/mol. The minimum atomic E-state index is -0.922. The van der Waals surface area contributed by atoms with E-state index < -0.39 is 27.1 Å². The average molecular weight is 329 g/mol. The Bertz CT molecular complexity index is 855. The van der Waals surface area contributed by atoms with Crippen molar-refractivity contribution in [3.05, 3.63) is 67.3 Å². The number of rotatable bonds is 3. The van der Waals surface area contributed by atoms with Crippen molar-refractivity contribution >= 4 is 28.8 Å². The molecule has 9 heteroatoms. The van der Waals surface area contributed by atoms with Crippen molar-refractivity contribution in [2.75, 3.05) is 0 Å². The number of non-ortho nitro benzene ring substituents is 1. The summed E-state index contributed by atoms with van der Waals surface area (Å²) in [5.41, 5.74) is -0.610. The first kappa shape index (κ1) is 16.9. The van der Waals surface area contributed by atoms with Crippen LogP contribution in [0.25, 0.3) is 0 Å². The molecule has 0 spiro atoms. The third-order valence-electron chi connectivity index (χ3n) is 3.29. The normalized spacial score (nSPS) is 13.9. The van der Waals surface area contributed by atoms with Gasteiger partial charge in [0.05, 0.1) is 21.6 Å².